The Morgan fingerprint density at radius 1 is 1.45 bits per heavy atom. The Balaban J connectivity index is 2.43. The number of aryl methyl sites for hydroxylation is 1. The maximum Gasteiger partial charge on any atom is 0.296 e. The first kappa shape index (κ1) is 13.6. The summed E-state index contributed by atoms with van der Waals surface area (Å²) in [6, 6.07) is 1.39. The van der Waals surface area contributed by atoms with Crippen LogP contribution >= 0.6 is 0 Å². The molecular formula is C11H8F2N4O3. The summed E-state index contributed by atoms with van der Waals surface area (Å²) in [6.45, 7) is 1.54. The molecule has 7 nitrogen and oxygen atoms in total. The molecule has 2 N–H and O–H groups in total. The number of nitro benzene ring substituents is 1. The predicted molar refractivity (Wildman–Crippen MR) is 64.3 cm³/mol. The van der Waals surface area contributed by atoms with Crippen molar-refractivity contribution in [2.24, 2.45) is 0 Å². The van der Waals surface area contributed by atoms with Crippen molar-refractivity contribution in [2.45, 2.75) is 6.92 Å². The topological polar surface area (TPSA) is 101 Å². The number of H-pyrrole nitrogens is 1. The summed E-state index contributed by atoms with van der Waals surface area (Å²) in [5.74, 6) is -3.62. The van der Waals surface area contributed by atoms with Crippen LogP contribution in [0.15, 0.2) is 18.3 Å². The zero-order valence-corrected chi connectivity index (χ0v) is 10.1. The van der Waals surface area contributed by atoms with Gasteiger partial charge in [0.15, 0.2) is 17.3 Å². The maximum atomic E-state index is 13.6. The van der Waals surface area contributed by atoms with Crippen molar-refractivity contribution in [3.05, 3.63) is 51.3 Å². The van der Waals surface area contributed by atoms with Crippen LogP contribution in [0, 0.1) is 28.7 Å². The van der Waals surface area contributed by atoms with E-state index in [1.165, 1.54) is 13.1 Å². The number of hydrogen-bond acceptors (Lipinski definition) is 4. The molecule has 2 aromatic rings. The number of carbonyl (C=O) groups is 1. The quantitative estimate of drug-likeness (QED) is 0.665. The van der Waals surface area contributed by atoms with E-state index in [4.69, 9.17) is 0 Å². The van der Waals surface area contributed by atoms with E-state index in [1.807, 2.05) is 5.32 Å². The molecule has 1 heterocycles. The zero-order chi connectivity index (χ0) is 14.9. The molecule has 0 aliphatic carbocycles. The number of benzene rings is 1. The molecule has 0 atom stereocenters. The third-order valence-electron chi connectivity index (χ3n) is 2.58. The van der Waals surface area contributed by atoms with Crippen LogP contribution in [0.5, 0.6) is 0 Å². The summed E-state index contributed by atoms with van der Waals surface area (Å²) in [7, 11) is 0. The van der Waals surface area contributed by atoms with E-state index in [-0.39, 0.29) is 5.56 Å². The average Bonchev–Trinajstić information content (AvgIpc) is 2.81. The summed E-state index contributed by atoms with van der Waals surface area (Å²) < 4.78 is 26.7. The van der Waals surface area contributed by atoms with Crippen LogP contribution in [-0.2, 0) is 0 Å². The second-order valence-electron chi connectivity index (χ2n) is 3.88. The number of hydrogen-bond donors (Lipinski definition) is 2. The first-order chi connectivity index (χ1) is 9.41. The Hall–Kier alpha value is -2.84. The average molecular weight is 282 g/mol. The lowest BCUT2D eigenvalue weighted by atomic mass is 10.2. The van der Waals surface area contributed by atoms with Crippen molar-refractivity contribution < 1.29 is 18.5 Å². The van der Waals surface area contributed by atoms with Gasteiger partial charge in [-0.3, -0.25) is 20.0 Å². The highest BCUT2D eigenvalue weighted by atomic mass is 19.2. The van der Waals surface area contributed by atoms with Gasteiger partial charge in [0, 0.05) is 11.8 Å². The van der Waals surface area contributed by atoms with Crippen molar-refractivity contribution >= 4 is 17.3 Å². The molecule has 0 aliphatic rings. The number of nitrogens with zero attached hydrogens (tertiary/aromatic N) is 2. The van der Waals surface area contributed by atoms with Gasteiger partial charge < -0.3 is 5.32 Å². The fourth-order valence-corrected chi connectivity index (χ4v) is 1.57. The van der Waals surface area contributed by atoms with Crippen molar-refractivity contribution in [3.8, 4) is 0 Å². The number of rotatable bonds is 3. The third-order valence-corrected chi connectivity index (χ3v) is 2.58. The molecule has 0 unspecified atom stereocenters. The number of aromatic nitrogens is 2. The van der Waals surface area contributed by atoms with Crippen molar-refractivity contribution in [2.75, 3.05) is 5.32 Å². The highest BCUT2D eigenvalue weighted by Gasteiger charge is 2.24. The molecule has 0 spiro atoms. The maximum absolute atomic E-state index is 13.6. The van der Waals surface area contributed by atoms with Gasteiger partial charge >= 0.3 is 0 Å². The zero-order valence-electron chi connectivity index (χ0n) is 10.1. The molecular weight excluding hydrogens is 274 g/mol. The Bertz CT molecular complexity index is 699. The lowest BCUT2D eigenvalue weighted by molar-refractivity contribution is -0.384. The molecule has 1 amide bonds. The van der Waals surface area contributed by atoms with Crippen LogP contribution in [0.25, 0.3) is 0 Å². The van der Waals surface area contributed by atoms with E-state index in [2.05, 4.69) is 10.2 Å². The Labute approximate surface area is 110 Å². The molecule has 1 aromatic heterocycles. The summed E-state index contributed by atoms with van der Waals surface area (Å²) in [5.41, 5.74) is -1.09. The fraction of sp³-hybridized carbons (Fsp3) is 0.0909. The van der Waals surface area contributed by atoms with Crippen LogP contribution < -0.4 is 5.32 Å². The molecule has 20 heavy (non-hydrogen) atoms. The van der Waals surface area contributed by atoms with Gasteiger partial charge in [0.05, 0.1) is 16.7 Å². The molecule has 0 aliphatic heterocycles. The number of nitrogens with one attached hydrogen (secondary N) is 2. The summed E-state index contributed by atoms with van der Waals surface area (Å²) >= 11 is 0. The van der Waals surface area contributed by atoms with Gasteiger partial charge in [-0.05, 0) is 13.0 Å². The Kier molecular flexibility index (Phi) is 3.42. The Morgan fingerprint density at radius 3 is 2.70 bits per heavy atom. The minimum absolute atomic E-state index is 0.0722. The molecule has 104 valence electrons. The van der Waals surface area contributed by atoms with Crippen molar-refractivity contribution in [3.63, 3.8) is 0 Å². The van der Waals surface area contributed by atoms with Crippen molar-refractivity contribution in [1.82, 2.24) is 10.2 Å². The lowest BCUT2D eigenvalue weighted by Crippen LogP contribution is -2.15. The van der Waals surface area contributed by atoms with E-state index in [9.17, 15) is 23.7 Å². The molecule has 0 radical (unpaired) electrons. The number of nitro groups is 1. The highest BCUT2D eigenvalue weighted by molar-refractivity contribution is 6.06. The van der Waals surface area contributed by atoms with Crippen LogP contribution in [0.1, 0.15) is 16.1 Å². The highest BCUT2D eigenvalue weighted by Crippen LogP contribution is 2.29. The Morgan fingerprint density at radius 2 is 2.15 bits per heavy atom. The smallest absolute Gasteiger partial charge is 0.296 e. The molecule has 0 saturated carbocycles. The first-order valence-electron chi connectivity index (χ1n) is 5.35. The summed E-state index contributed by atoms with van der Waals surface area (Å²) in [4.78, 5) is 21.7. The number of anilines is 1. The second-order valence-corrected chi connectivity index (χ2v) is 3.88. The monoisotopic (exact) mass is 282 g/mol. The largest absolute Gasteiger partial charge is 0.314 e. The van der Waals surface area contributed by atoms with Gasteiger partial charge in [0.25, 0.3) is 11.6 Å². The van der Waals surface area contributed by atoms with E-state index >= 15 is 0 Å². The van der Waals surface area contributed by atoms with E-state index < -0.39 is 33.8 Å². The van der Waals surface area contributed by atoms with Crippen LogP contribution in [-0.4, -0.2) is 21.0 Å². The number of amides is 1. The van der Waals surface area contributed by atoms with Gasteiger partial charge in [-0.1, -0.05) is 0 Å². The van der Waals surface area contributed by atoms with E-state index in [0.717, 1.165) is 6.07 Å². The number of carbonyl (C=O) groups excluding carboxylic acids is 1. The van der Waals surface area contributed by atoms with Gasteiger partial charge in [0.2, 0.25) is 0 Å². The number of halogens is 2. The molecule has 9 heteroatoms. The minimum atomic E-state index is -1.49. The summed E-state index contributed by atoms with van der Waals surface area (Å²) in [5, 5.41) is 18.8. The van der Waals surface area contributed by atoms with Crippen LogP contribution in [0.2, 0.25) is 0 Å². The summed E-state index contributed by atoms with van der Waals surface area (Å²) in [6.07, 6.45) is 1.17. The SMILES string of the molecule is Cc1[nH]ncc1C(=O)Nc1c([N+](=O)[O-])ccc(F)c1F. The van der Waals surface area contributed by atoms with Crippen LogP contribution in [0.3, 0.4) is 0 Å². The normalized spacial score (nSPS) is 10.3. The predicted octanol–water partition coefficient (Wildman–Crippen LogP) is 2.16. The van der Waals surface area contributed by atoms with E-state index in [0.29, 0.717) is 11.8 Å². The standard InChI is InChI=1S/C11H8F2N4O3/c1-5-6(4-14-16-5)11(18)15-10-8(17(19)20)3-2-7(12)9(10)13/h2-4H,1H3,(H,14,16)(H,15,18). The molecule has 1 aromatic carbocycles. The number of aromatic amines is 1. The van der Waals surface area contributed by atoms with Gasteiger partial charge in [-0.15, -0.1) is 0 Å². The van der Waals surface area contributed by atoms with Gasteiger partial charge in [0.1, 0.15) is 0 Å². The van der Waals surface area contributed by atoms with Crippen LogP contribution in [0.4, 0.5) is 20.2 Å². The van der Waals surface area contributed by atoms with Gasteiger partial charge in [-0.2, -0.15) is 5.10 Å². The third kappa shape index (κ3) is 2.32. The van der Waals surface area contributed by atoms with E-state index in [1.54, 1.807) is 0 Å². The molecule has 2 rings (SSSR count). The molecule has 0 bridgehead atoms. The molecule has 0 fully saturated rings. The van der Waals surface area contributed by atoms with Gasteiger partial charge in [-0.25, -0.2) is 8.78 Å². The lowest BCUT2D eigenvalue weighted by Gasteiger charge is -2.07. The first-order valence-corrected chi connectivity index (χ1v) is 5.35. The second kappa shape index (κ2) is 5.03. The molecule has 0 saturated heterocycles. The fourth-order valence-electron chi connectivity index (χ4n) is 1.57. The van der Waals surface area contributed by atoms with Crippen molar-refractivity contribution in [1.29, 1.82) is 0 Å². The minimum Gasteiger partial charge on any atom is -0.314 e.